The summed E-state index contributed by atoms with van der Waals surface area (Å²) < 4.78 is 0. The fourth-order valence-electron chi connectivity index (χ4n) is 3.59. The number of hydrogen-bond donors (Lipinski definition) is 2. The molecule has 5 nitrogen and oxygen atoms in total. The molecule has 0 radical (unpaired) electrons. The van der Waals surface area contributed by atoms with Crippen molar-refractivity contribution in [2.24, 2.45) is 0 Å². The number of aliphatic hydroxyl groups is 2. The molecule has 0 saturated carbocycles. The van der Waals surface area contributed by atoms with Gasteiger partial charge in [0, 0.05) is 24.7 Å². The summed E-state index contributed by atoms with van der Waals surface area (Å²) in [6.45, 7) is 3.13. The van der Waals surface area contributed by atoms with Crippen LogP contribution in [0.25, 0.3) is 0 Å². The van der Waals surface area contributed by atoms with Crippen LogP contribution in [0.4, 0.5) is 0 Å². The Kier molecular flexibility index (Phi) is 5.45. The second kappa shape index (κ2) is 7.40. The van der Waals surface area contributed by atoms with Crippen molar-refractivity contribution in [1.29, 1.82) is 0 Å². The molecule has 0 aromatic heterocycles. The molecule has 0 spiro atoms. The highest BCUT2D eigenvalue weighted by Gasteiger charge is 2.43. The predicted molar refractivity (Wildman–Crippen MR) is 93.0 cm³/mol. The first-order valence-corrected chi connectivity index (χ1v) is 8.99. The number of benzene rings is 1. The largest absolute Gasteiger partial charge is 0.388 e. The Morgan fingerprint density at radius 2 is 1.88 bits per heavy atom. The molecular weight excluding hydrogens is 328 g/mol. The molecule has 24 heavy (non-hydrogen) atoms. The maximum Gasteiger partial charge on any atom is 0.227 e. The Labute approximate surface area is 147 Å². The molecule has 1 amide bonds. The highest BCUT2D eigenvalue weighted by molar-refractivity contribution is 6.30. The molecule has 132 valence electrons. The number of carbonyl (C=O) groups excluding carboxylic acids is 1. The van der Waals surface area contributed by atoms with Crippen LogP contribution in [-0.2, 0) is 11.2 Å². The minimum atomic E-state index is -1.11. The van der Waals surface area contributed by atoms with Gasteiger partial charge in [-0.25, -0.2) is 0 Å². The molecule has 0 unspecified atom stereocenters. The van der Waals surface area contributed by atoms with E-state index in [2.05, 4.69) is 4.90 Å². The van der Waals surface area contributed by atoms with Gasteiger partial charge in [-0.05, 0) is 50.0 Å². The van der Waals surface area contributed by atoms with Gasteiger partial charge in [-0.1, -0.05) is 23.7 Å². The lowest BCUT2D eigenvalue weighted by molar-refractivity contribution is -0.152. The summed E-state index contributed by atoms with van der Waals surface area (Å²) >= 11 is 5.86. The Morgan fingerprint density at radius 3 is 2.50 bits per heavy atom. The number of nitrogens with zero attached hydrogens (tertiary/aromatic N) is 2. The summed E-state index contributed by atoms with van der Waals surface area (Å²) in [5.41, 5.74) is -0.210. The summed E-state index contributed by atoms with van der Waals surface area (Å²) in [7, 11) is 0. The average Bonchev–Trinajstić information content (AvgIpc) is 3.05. The molecule has 0 aliphatic carbocycles. The molecule has 2 fully saturated rings. The number of aliphatic hydroxyl groups excluding tert-OH is 1. The quantitative estimate of drug-likeness (QED) is 0.857. The molecule has 1 aromatic rings. The van der Waals surface area contributed by atoms with E-state index in [4.69, 9.17) is 11.6 Å². The van der Waals surface area contributed by atoms with Gasteiger partial charge in [-0.3, -0.25) is 4.79 Å². The first kappa shape index (κ1) is 17.7. The molecule has 2 atom stereocenters. The van der Waals surface area contributed by atoms with Crippen LogP contribution in [0.1, 0.15) is 24.8 Å². The van der Waals surface area contributed by atoms with E-state index in [0.717, 1.165) is 31.5 Å². The molecule has 2 saturated heterocycles. The maximum atomic E-state index is 12.4. The molecule has 6 heteroatoms. The van der Waals surface area contributed by atoms with Gasteiger partial charge < -0.3 is 20.0 Å². The van der Waals surface area contributed by atoms with Gasteiger partial charge in [-0.15, -0.1) is 0 Å². The second-order valence-electron chi connectivity index (χ2n) is 7.00. The number of hydrogen-bond acceptors (Lipinski definition) is 4. The monoisotopic (exact) mass is 352 g/mol. The molecule has 2 heterocycles. The summed E-state index contributed by atoms with van der Waals surface area (Å²) in [6, 6.07) is 7.21. The lowest BCUT2D eigenvalue weighted by Crippen LogP contribution is -2.61. The Bertz CT molecular complexity index is 574. The third-order valence-corrected chi connectivity index (χ3v) is 5.40. The Hall–Kier alpha value is -1.14. The SMILES string of the molecule is O=C(Cc1ccc(Cl)cc1)N1CC[C@](O)(CN2CCCC2)[C@@H](O)C1. The fourth-order valence-corrected chi connectivity index (χ4v) is 3.72. The van der Waals surface area contributed by atoms with Crippen molar-refractivity contribution >= 4 is 17.5 Å². The van der Waals surface area contributed by atoms with Crippen LogP contribution >= 0.6 is 11.6 Å². The highest BCUT2D eigenvalue weighted by atomic mass is 35.5. The number of halogens is 1. The minimum Gasteiger partial charge on any atom is -0.388 e. The Balaban J connectivity index is 1.55. The second-order valence-corrected chi connectivity index (χ2v) is 7.43. The Morgan fingerprint density at radius 1 is 1.21 bits per heavy atom. The summed E-state index contributed by atoms with van der Waals surface area (Å²) in [5.74, 6) is -0.0282. The average molecular weight is 353 g/mol. The van der Waals surface area contributed by atoms with E-state index >= 15 is 0 Å². The van der Waals surface area contributed by atoms with Crippen LogP contribution in [0, 0.1) is 0 Å². The van der Waals surface area contributed by atoms with Gasteiger partial charge in [-0.2, -0.15) is 0 Å². The molecule has 3 rings (SSSR count). The number of rotatable bonds is 4. The van der Waals surface area contributed by atoms with Gasteiger partial charge >= 0.3 is 0 Å². The van der Waals surface area contributed by atoms with Gasteiger partial charge in [0.2, 0.25) is 5.91 Å². The van der Waals surface area contributed by atoms with Crippen molar-refractivity contribution in [2.75, 3.05) is 32.7 Å². The number of β-amino-alcohol motifs (C(OH)–C–C–N with tert-alkyl or cyclic N) is 2. The lowest BCUT2D eigenvalue weighted by atomic mass is 9.87. The third-order valence-electron chi connectivity index (χ3n) is 5.15. The first-order valence-electron chi connectivity index (χ1n) is 8.61. The molecule has 2 aliphatic rings. The molecule has 0 bridgehead atoms. The van der Waals surface area contributed by atoms with Gasteiger partial charge in [0.05, 0.1) is 6.42 Å². The van der Waals surface area contributed by atoms with Crippen molar-refractivity contribution in [3.8, 4) is 0 Å². The smallest absolute Gasteiger partial charge is 0.227 e. The topological polar surface area (TPSA) is 64.0 Å². The minimum absolute atomic E-state index is 0.0282. The van der Waals surface area contributed by atoms with Crippen LogP contribution in [0.2, 0.25) is 5.02 Å². The van der Waals surface area contributed by atoms with E-state index in [1.54, 1.807) is 17.0 Å². The number of carbonyl (C=O) groups is 1. The van der Waals surface area contributed by atoms with Crippen LogP contribution in [0.3, 0.4) is 0 Å². The zero-order valence-electron chi connectivity index (χ0n) is 13.8. The van der Waals surface area contributed by atoms with E-state index in [1.165, 1.54) is 0 Å². The number of amides is 1. The van der Waals surface area contributed by atoms with Crippen LogP contribution in [0.5, 0.6) is 0 Å². The molecule has 1 aromatic carbocycles. The first-order chi connectivity index (χ1) is 11.5. The van der Waals surface area contributed by atoms with E-state index in [-0.39, 0.29) is 18.9 Å². The van der Waals surface area contributed by atoms with Crippen molar-refractivity contribution in [3.63, 3.8) is 0 Å². The predicted octanol–water partition coefficient (Wildman–Crippen LogP) is 1.30. The molecule has 2 N–H and O–H groups in total. The van der Waals surface area contributed by atoms with Crippen molar-refractivity contribution in [2.45, 2.75) is 37.4 Å². The number of likely N-dealkylation sites (tertiary alicyclic amines) is 2. The zero-order chi connectivity index (χ0) is 17.2. The van der Waals surface area contributed by atoms with Crippen LogP contribution in [-0.4, -0.2) is 70.3 Å². The van der Waals surface area contributed by atoms with E-state index in [0.29, 0.717) is 24.5 Å². The maximum absolute atomic E-state index is 12.4. The summed E-state index contributed by atoms with van der Waals surface area (Å²) in [4.78, 5) is 16.3. The third kappa shape index (κ3) is 4.09. The molecule has 2 aliphatic heterocycles. The van der Waals surface area contributed by atoms with E-state index in [1.807, 2.05) is 12.1 Å². The summed E-state index contributed by atoms with van der Waals surface area (Å²) in [6.07, 6.45) is 2.10. The normalized spacial score (nSPS) is 28.3. The van der Waals surface area contributed by atoms with Crippen molar-refractivity contribution in [3.05, 3.63) is 34.9 Å². The fraction of sp³-hybridized carbons (Fsp3) is 0.611. The van der Waals surface area contributed by atoms with Gasteiger partial charge in [0.15, 0.2) is 0 Å². The lowest BCUT2D eigenvalue weighted by Gasteiger charge is -2.43. The van der Waals surface area contributed by atoms with Crippen molar-refractivity contribution in [1.82, 2.24) is 9.80 Å². The summed E-state index contributed by atoms with van der Waals surface area (Å²) in [5, 5.41) is 21.8. The van der Waals surface area contributed by atoms with Crippen LogP contribution in [0.15, 0.2) is 24.3 Å². The van der Waals surface area contributed by atoms with Crippen molar-refractivity contribution < 1.29 is 15.0 Å². The standard InChI is InChI=1S/C18H25ClN2O3/c19-15-5-3-14(4-6-15)11-17(23)21-10-7-18(24,16(22)12-21)13-20-8-1-2-9-20/h3-6,16,22,24H,1-2,7-13H2/t16-,18-/m0/s1. The highest BCUT2D eigenvalue weighted by Crippen LogP contribution is 2.26. The number of piperidine rings is 1. The van der Waals surface area contributed by atoms with E-state index in [9.17, 15) is 15.0 Å². The van der Waals surface area contributed by atoms with E-state index < -0.39 is 11.7 Å². The van der Waals surface area contributed by atoms with Gasteiger partial charge in [0.1, 0.15) is 11.7 Å². The van der Waals surface area contributed by atoms with Crippen LogP contribution < -0.4 is 0 Å². The molecular formula is C18H25ClN2O3. The zero-order valence-corrected chi connectivity index (χ0v) is 14.6. The van der Waals surface area contributed by atoms with Gasteiger partial charge in [0.25, 0.3) is 0 Å².